The molecule has 0 spiro atoms. The van der Waals surface area contributed by atoms with E-state index < -0.39 is 0 Å². The molecule has 17 heavy (non-hydrogen) atoms. The van der Waals surface area contributed by atoms with Crippen LogP contribution in [0, 0.1) is 0 Å². The molecule has 0 bridgehead atoms. The van der Waals surface area contributed by atoms with Gasteiger partial charge in [0.2, 0.25) is 0 Å². The van der Waals surface area contributed by atoms with Crippen LogP contribution in [0.25, 0.3) is 0 Å². The van der Waals surface area contributed by atoms with Gasteiger partial charge in [0.15, 0.2) is 0 Å². The predicted molar refractivity (Wildman–Crippen MR) is 77.1 cm³/mol. The highest BCUT2D eigenvalue weighted by atomic mass is 32.2. The number of para-hydroxylation sites is 1. The summed E-state index contributed by atoms with van der Waals surface area (Å²) >= 11 is 1.93. The number of hydrogen-bond donors (Lipinski definition) is 1. The van der Waals surface area contributed by atoms with E-state index in [0.29, 0.717) is 17.2 Å². The SMILES string of the molecule is CC(C)c1cccc2c1N(C)C(C)C(CN)S2. The van der Waals surface area contributed by atoms with Crippen molar-refractivity contribution >= 4 is 17.4 Å². The molecule has 1 heterocycles. The lowest BCUT2D eigenvalue weighted by atomic mass is 9.99. The van der Waals surface area contributed by atoms with Crippen molar-refractivity contribution in [2.45, 2.75) is 42.9 Å². The van der Waals surface area contributed by atoms with Crippen molar-refractivity contribution in [1.82, 2.24) is 0 Å². The molecule has 1 aromatic rings. The smallest absolute Gasteiger partial charge is 0.0539 e. The van der Waals surface area contributed by atoms with Gasteiger partial charge in [-0.05, 0) is 24.5 Å². The molecule has 1 aromatic carbocycles. The van der Waals surface area contributed by atoms with E-state index >= 15 is 0 Å². The van der Waals surface area contributed by atoms with Crippen LogP contribution in [-0.4, -0.2) is 24.9 Å². The van der Waals surface area contributed by atoms with Gasteiger partial charge in [-0.1, -0.05) is 26.0 Å². The summed E-state index contributed by atoms with van der Waals surface area (Å²) in [6.07, 6.45) is 0. The van der Waals surface area contributed by atoms with Crippen molar-refractivity contribution < 1.29 is 0 Å². The largest absolute Gasteiger partial charge is 0.370 e. The van der Waals surface area contributed by atoms with E-state index in [0.717, 1.165) is 6.54 Å². The molecule has 94 valence electrons. The summed E-state index contributed by atoms with van der Waals surface area (Å²) in [5.74, 6) is 0.564. The molecule has 0 saturated carbocycles. The fraction of sp³-hybridized carbons (Fsp3) is 0.571. The van der Waals surface area contributed by atoms with Crippen LogP contribution in [-0.2, 0) is 0 Å². The molecule has 2 N–H and O–H groups in total. The van der Waals surface area contributed by atoms with E-state index in [9.17, 15) is 0 Å². The van der Waals surface area contributed by atoms with Gasteiger partial charge >= 0.3 is 0 Å². The number of thioether (sulfide) groups is 1. The van der Waals surface area contributed by atoms with Crippen LogP contribution >= 0.6 is 11.8 Å². The quantitative estimate of drug-likeness (QED) is 0.874. The summed E-state index contributed by atoms with van der Waals surface area (Å²) in [6, 6.07) is 7.13. The van der Waals surface area contributed by atoms with Crippen molar-refractivity contribution in [2.75, 3.05) is 18.5 Å². The summed E-state index contributed by atoms with van der Waals surface area (Å²) < 4.78 is 0. The first-order chi connectivity index (χ1) is 8.06. The van der Waals surface area contributed by atoms with Gasteiger partial charge in [0.1, 0.15) is 0 Å². The Kier molecular flexibility index (Phi) is 3.69. The number of fused-ring (bicyclic) bond motifs is 1. The van der Waals surface area contributed by atoms with Crippen LogP contribution in [0.4, 0.5) is 5.69 Å². The normalized spacial score (nSPS) is 24.0. The van der Waals surface area contributed by atoms with E-state index in [1.54, 1.807) is 0 Å². The summed E-state index contributed by atoms with van der Waals surface area (Å²) in [6.45, 7) is 7.52. The van der Waals surface area contributed by atoms with Gasteiger partial charge in [-0.15, -0.1) is 11.8 Å². The van der Waals surface area contributed by atoms with Gasteiger partial charge in [-0.2, -0.15) is 0 Å². The van der Waals surface area contributed by atoms with Gasteiger partial charge in [0.25, 0.3) is 0 Å². The Labute approximate surface area is 109 Å². The van der Waals surface area contributed by atoms with Crippen LogP contribution in [0.2, 0.25) is 0 Å². The van der Waals surface area contributed by atoms with Crippen LogP contribution in [0.3, 0.4) is 0 Å². The molecule has 0 radical (unpaired) electrons. The molecule has 0 amide bonds. The number of nitrogens with two attached hydrogens (primary N) is 1. The molecule has 2 unspecified atom stereocenters. The monoisotopic (exact) mass is 250 g/mol. The summed E-state index contributed by atoms with van der Waals surface area (Å²) in [5.41, 5.74) is 8.71. The highest BCUT2D eigenvalue weighted by Gasteiger charge is 2.30. The minimum Gasteiger partial charge on any atom is -0.370 e. The summed E-state index contributed by atoms with van der Waals surface area (Å²) in [4.78, 5) is 3.78. The number of hydrogen-bond acceptors (Lipinski definition) is 3. The maximum absolute atomic E-state index is 5.86. The van der Waals surface area contributed by atoms with Crippen LogP contribution in [0.1, 0.15) is 32.3 Å². The zero-order valence-electron chi connectivity index (χ0n) is 11.1. The van der Waals surface area contributed by atoms with E-state index in [-0.39, 0.29) is 0 Å². The second-order valence-electron chi connectivity index (χ2n) is 5.09. The van der Waals surface area contributed by atoms with Crippen LogP contribution in [0.15, 0.2) is 23.1 Å². The molecule has 1 aliphatic rings. The lowest BCUT2D eigenvalue weighted by Crippen LogP contribution is -2.44. The number of nitrogens with zero attached hydrogens (tertiary/aromatic N) is 1. The fourth-order valence-electron chi connectivity index (χ4n) is 2.44. The molecule has 2 atom stereocenters. The predicted octanol–water partition coefficient (Wildman–Crippen LogP) is 3.07. The van der Waals surface area contributed by atoms with Gasteiger partial charge < -0.3 is 10.6 Å². The Balaban J connectivity index is 2.49. The van der Waals surface area contributed by atoms with Crippen molar-refractivity contribution in [3.63, 3.8) is 0 Å². The third kappa shape index (κ3) is 2.18. The molecule has 2 rings (SSSR count). The van der Waals surface area contributed by atoms with Gasteiger partial charge in [0, 0.05) is 29.8 Å². The van der Waals surface area contributed by atoms with Gasteiger partial charge in [-0.3, -0.25) is 0 Å². The molecule has 3 heteroatoms. The Hall–Kier alpha value is -0.670. The number of benzene rings is 1. The Bertz CT molecular complexity index is 403. The second kappa shape index (κ2) is 4.91. The van der Waals surface area contributed by atoms with Gasteiger partial charge in [0.05, 0.1) is 5.69 Å². The number of rotatable bonds is 2. The molecule has 0 aromatic heterocycles. The minimum atomic E-state index is 0.495. The first kappa shape index (κ1) is 12.8. The van der Waals surface area contributed by atoms with Crippen molar-refractivity contribution in [1.29, 1.82) is 0 Å². The average molecular weight is 250 g/mol. The third-order valence-corrected chi connectivity index (χ3v) is 5.14. The molecular weight excluding hydrogens is 228 g/mol. The maximum atomic E-state index is 5.86. The molecule has 2 nitrogen and oxygen atoms in total. The molecule has 1 aliphatic heterocycles. The van der Waals surface area contributed by atoms with Gasteiger partial charge in [-0.25, -0.2) is 0 Å². The van der Waals surface area contributed by atoms with Crippen LogP contribution in [0.5, 0.6) is 0 Å². The lowest BCUT2D eigenvalue weighted by molar-refractivity contribution is 0.631. The van der Waals surface area contributed by atoms with E-state index in [2.05, 4.69) is 50.9 Å². The molecule has 0 fully saturated rings. The van der Waals surface area contributed by atoms with E-state index in [1.165, 1.54) is 16.1 Å². The molecular formula is C14H22N2S. The maximum Gasteiger partial charge on any atom is 0.0539 e. The van der Waals surface area contributed by atoms with Crippen LogP contribution < -0.4 is 10.6 Å². The first-order valence-electron chi connectivity index (χ1n) is 6.28. The third-order valence-electron chi connectivity index (χ3n) is 3.66. The Morgan fingerprint density at radius 2 is 2.12 bits per heavy atom. The Morgan fingerprint density at radius 3 is 2.71 bits per heavy atom. The average Bonchev–Trinajstić information content (AvgIpc) is 2.32. The summed E-state index contributed by atoms with van der Waals surface area (Å²) in [7, 11) is 2.19. The molecule has 0 aliphatic carbocycles. The topological polar surface area (TPSA) is 29.3 Å². The zero-order valence-corrected chi connectivity index (χ0v) is 11.9. The van der Waals surface area contributed by atoms with Crippen molar-refractivity contribution in [2.24, 2.45) is 5.73 Å². The molecule has 0 saturated heterocycles. The lowest BCUT2D eigenvalue weighted by Gasteiger charge is -2.40. The highest BCUT2D eigenvalue weighted by Crippen LogP contribution is 2.44. The number of anilines is 1. The fourth-order valence-corrected chi connectivity index (χ4v) is 3.77. The van der Waals surface area contributed by atoms with Crippen molar-refractivity contribution in [3.05, 3.63) is 23.8 Å². The van der Waals surface area contributed by atoms with E-state index in [1.807, 2.05) is 11.8 Å². The summed E-state index contributed by atoms with van der Waals surface area (Å²) in [5, 5.41) is 0.495. The second-order valence-corrected chi connectivity index (χ2v) is 6.37. The van der Waals surface area contributed by atoms with Crippen molar-refractivity contribution in [3.8, 4) is 0 Å². The standard InChI is InChI=1S/C14H22N2S/c1-9(2)11-6-5-7-12-14(11)16(4)10(3)13(8-15)17-12/h5-7,9-10,13H,8,15H2,1-4H3. The Morgan fingerprint density at radius 1 is 1.41 bits per heavy atom. The zero-order chi connectivity index (χ0) is 12.6. The van der Waals surface area contributed by atoms with E-state index in [4.69, 9.17) is 5.73 Å². The first-order valence-corrected chi connectivity index (χ1v) is 7.16. The minimum absolute atomic E-state index is 0.495. The highest BCUT2D eigenvalue weighted by molar-refractivity contribution is 8.00.